The van der Waals surface area contributed by atoms with E-state index >= 15 is 0 Å². The average Bonchev–Trinajstić information content (AvgIpc) is 3.27. The van der Waals surface area contributed by atoms with Crippen molar-refractivity contribution < 1.29 is 4.79 Å². The van der Waals surface area contributed by atoms with Gasteiger partial charge in [-0.05, 0) is 53.6 Å². The molecule has 6 nitrogen and oxygen atoms in total. The number of hydrogen-bond donors (Lipinski definition) is 1. The van der Waals surface area contributed by atoms with Gasteiger partial charge in [0.2, 0.25) is 0 Å². The largest absolute Gasteiger partial charge is 0.299 e. The van der Waals surface area contributed by atoms with Crippen molar-refractivity contribution in [3.63, 3.8) is 0 Å². The monoisotopic (exact) mass is 509 g/mol. The molecule has 0 unspecified atom stereocenters. The van der Waals surface area contributed by atoms with Gasteiger partial charge < -0.3 is 0 Å². The van der Waals surface area contributed by atoms with E-state index in [0.717, 1.165) is 34.9 Å². The van der Waals surface area contributed by atoms with Gasteiger partial charge in [-0.15, -0.1) is 10.2 Å². The first-order valence-corrected chi connectivity index (χ1v) is 13.4. The van der Waals surface area contributed by atoms with E-state index in [9.17, 15) is 4.79 Å². The zero-order valence-corrected chi connectivity index (χ0v) is 22.1. The maximum Gasteiger partial charge on any atom is 0.250 e. The number of nitrogens with zero attached hydrogens (tertiary/aromatic N) is 4. The van der Waals surface area contributed by atoms with Crippen molar-refractivity contribution in [1.82, 2.24) is 20.2 Å². The first-order chi connectivity index (χ1) is 16.8. The van der Waals surface area contributed by atoms with Crippen LogP contribution in [0.25, 0.3) is 11.4 Å². The van der Waals surface area contributed by atoms with E-state index in [-0.39, 0.29) is 17.1 Å². The predicted molar refractivity (Wildman–Crippen MR) is 144 cm³/mol. The zero-order valence-electron chi connectivity index (χ0n) is 20.5. The fourth-order valence-corrected chi connectivity index (χ4v) is 5.17. The number of halogens is 1. The van der Waals surface area contributed by atoms with Crippen molar-refractivity contribution in [3.05, 3.63) is 64.7 Å². The minimum absolute atomic E-state index is 0.104. The second-order valence-corrected chi connectivity index (χ2v) is 11.3. The van der Waals surface area contributed by atoms with E-state index in [1.807, 2.05) is 36.4 Å². The van der Waals surface area contributed by atoms with Crippen molar-refractivity contribution in [3.8, 4) is 11.4 Å². The molecule has 1 N–H and O–H groups in total. The Labute approximate surface area is 216 Å². The van der Waals surface area contributed by atoms with Gasteiger partial charge >= 0.3 is 0 Å². The van der Waals surface area contributed by atoms with Crippen LogP contribution in [0.15, 0.2) is 58.8 Å². The van der Waals surface area contributed by atoms with Crippen LogP contribution in [0.3, 0.4) is 0 Å². The van der Waals surface area contributed by atoms with Gasteiger partial charge in [-0.25, -0.2) is 5.43 Å². The predicted octanol–water partition coefficient (Wildman–Crippen LogP) is 6.64. The molecule has 0 radical (unpaired) electrons. The third-order valence-corrected chi connectivity index (χ3v) is 7.41. The number of rotatable bonds is 7. The molecule has 0 atom stereocenters. The molecule has 1 fully saturated rings. The maximum absolute atomic E-state index is 12.5. The third-order valence-electron chi connectivity index (χ3n) is 6.22. The number of benzene rings is 2. The lowest BCUT2D eigenvalue weighted by Crippen LogP contribution is -2.20. The molecule has 1 saturated carbocycles. The van der Waals surface area contributed by atoms with E-state index in [1.165, 1.54) is 36.6 Å². The first kappa shape index (κ1) is 25.5. The quantitative estimate of drug-likeness (QED) is 0.220. The van der Waals surface area contributed by atoms with Gasteiger partial charge in [0, 0.05) is 16.6 Å². The van der Waals surface area contributed by atoms with Crippen molar-refractivity contribution >= 4 is 35.5 Å². The molecule has 3 aromatic rings. The molecule has 0 saturated heterocycles. The fraction of sp³-hybridized carbons (Fsp3) is 0.407. The second-order valence-electron chi connectivity index (χ2n) is 9.93. The summed E-state index contributed by atoms with van der Waals surface area (Å²) >= 11 is 7.48. The maximum atomic E-state index is 12.5. The molecular weight excluding hydrogens is 478 g/mol. The van der Waals surface area contributed by atoms with Gasteiger partial charge in [0.25, 0.3) is 5.91 Å². The van der Waals surface area contributed by atoms with Crippen LogP contribution in [-0.2, 0) is 10.2 Å². The Balaban J connectivity index is 1.41. The number of hydrogen-bond acceptors (Lipinski definition) is 5. The van der Waals surface area contributed by atoms with Crippen molar-refractivity contribution in [2.75, 3.05) is 5.75 Å². The lowest BCUT2D eigenvalue weighted by Gasteiger charge is -2.25. The molecule has 1 amide bonds. The second kappa shape index (κ2) is 11.4. The van der Waals surface area contributed by atoms with Gasteiger partial charge in [-0.1, -0.05) is 87.7 Å². The highest BCUT2D eigenvalue weighted by atomic mass is 35.5. The summed E-state index contributed by atoms with van der Waals surface area (Å²) < 4.78 is 2.21. The summed E-state index contributed by atoms with van der Waals surface area (Å²) in [6.45, 7) is 6.55. The Morgan fingerprint density at radius 1 is 1.09 bits per heavy atom. The Hall–Kier alpha value is -2.64. The molecule has 0 aliphatic heterocycles. The zero-order chi connectivity index (χ0) is 24.8. The van der Waals surface area contributed by atoms with E-state index in [1.54, 1.807) is 6.21 Å². The summed E-state index contributed by atoms with van der Waals surface area (Å²) in [5, 5.41) is 14.5. The van der Waals surface area contributed by atoms with Crippen LogP contribution in [0.2, 0.25) is 5.02 Å². The topological polar surface area (TPSA) is 72.2 Å². The van der Waals surface area contributed by atoms with Gasteiger partial charge in [-0.3, -0.25) is 9.36 Å². The Kier molecular flexibility index (Phi) is 8.29. The van der Waals surface area contributed by atoms with Crippen LogP contribution in [-0.4, -0.2) is 32.6 Å². The standard InChI is InChI=1S/C27H32ClN5OS/c1-27(2,3)21-13-9-19(10-14-21)17-29-30-24(34)18-35-26-32-31-25(20-11-15-22(28)16-12-20)33(26)23-7-5-4-6-8-23/h9-17,23H,4-8,18H2,1-3H3,(H,30,34). The van der Waals surface area contributed by atoms with Crippen molar-refractivity contribution in [1.29, 1.82) is 0 Å². The molecule has 0 bridgehead atoms. The molecule has 35 heavy (non-hydrogen) atoms. The number of carbonyl (C=O) groups excluding carboxylic acids is 1. The minimum atomic E-state index is -0.177. The summed E-state index contributed by atoms with van der Waals surface area (Å²) in [6.07, 6.45) is 7.50. The van der Waals surface area contributed by atoms with E-state index in [2.05, 4.69) is 58.2 Å². The Morgan fingerprint density at radius 2 is 1.77 bits per heavy atom. The van der Waals surface area contributed by atoms with Gasteiger partial charge in [0.1, 0.15) is 0 Å². The molecule has 2 aromatic carbocycles. The molecule has 1 aliphatic carbocycles. The van der Waals surface area contributed by atoms with Crippen LogP contribution in [0.5, 0.6) is 0 Å². The molecule has 1 heterocycles. The number of hydrazone groups is 1. The number of amides is 1. The van der Waals surface area contributed by atoms with Crippen LogP contribution in [0, 0.1) is 0 Å². The van der Waals surface area contributed by atoms with Crippen LogP contribution in [0.1, 0.15) is 70.0 Å². The van der Waals surface area contributed by atoms with Crippen LogP contribution < -0.4 is 5.43 Å². The SMILES string of the molecule is CC(C)(C)c1ccc(C=NNC(=O)CSc2nnc(-c3ccc(Cl)cc3)n2C2CCCCC2)cc1. The molecule has 4 rings (SSSR count). The fourth-order valence-electron chi connectivity index (χ4n) is 4.25. The van der Waals surface area contributed by atoms with Crippen molar-refractivity contribution in [2.45, 2.75) is 69.5 Å². The summed E-state index contributed by atoms with van der Waals surface area (Å²) in [7, 11) is 0. The van der Waals surface area contributed by atoms with Gasteiger partial charge in [-0.2, -0.15) is 5.10 Å². The smallest absolute Gasteiger partial charge is 0.250 e. The first-order valence-electron chi connectivity index (χ1n) is 12.1. The highest BCUT2D eigenvalue weighted by Gasteiger charge is 2.24. The number of aromatic nitrogens is 3. The summed E-state index contributed by atoms with van der Waals surface area (Å²) in [5.41, 5.74) is 5.91. The van der Waals surface area contributed by atoms with Gasteiger partial charge in [0.15, 0.2) is 11.0 Å². The summed E-state index contributed by atoms with van der Waals surface area (Å²) in [6, 6.07) is 16.2. The van der Waals surface area contributed by atoms with Crippen LogP contribution in [0.4, 0.5) is 0 Å². The minimum Gasteiger partial charge on any atom is -0.299 e. The Morgan fingerprint density at radius 3 is 2.43 bits per heavy atom. The van der Waals surface area contributed by atoms with E-state index in [0.29, 0.717) is 11.1 Å². The summed E-state index contributed by atoms with van der Waals surface area (Å²) in [4.78, 5) is 12.5. The normalized spacial score (nSPS) is 15.0. The molecule has 1 aliphatic rings. The van der Waals surface area contributed by atoms with E-state index < -0.39 is 0 Å². The molecule has 184 valence electrons. The number of nitrogens with one attached hydrogen (secondary N) is 1. The number of thioether (sulfide) groups is 1. The van der Waals surface area contributed by atoms with Crippen molar-refractivity contribution in [2.24, 2.45) is 5.10 Å². The highest BCUT2D eigenvalue weighted by molar-refractivity contribution is 7.99. The summed E-state index contributed by atoms with van der Waals surface area (Å²) in [5.74, 6) is 0.864. The highest BCUT2D eigenvalue weighted by Crippen LogP contribution is 2.35. The van der Waals surface area contributed by atoms with Crippen LogP contribution >= 0.6 is 23.4 Å². The lowest BCUT2D eigenvalue weighted by molar-refractivity contribution is -0.118. The molecule has 0 spiro atoms. The molecule has 1 aromatic heterocycles. The van der Waals surface area contributed by atoms with E-state index in [4.69, 9.17) is 11.6 Å². The average molecular weight is 510 g/mol. The molecule has 8 heteroatoms. The molecular formula is C27H32ClN5OS. The third kappa shape index (κ3) is 6.73. The van der Waals surface area contributed by atoms with Gasteiger partial charge in [0.05, 0.1) is 12.0 Å². The lowest BCUT2D eigenvalue weighted by atomic mass is 9.87. The number of carbonyl (C=O) groups is 1. The Bertz CT molecular complexity index is 1160.